The molecular formula is C17H16N4O2. The van der Waals surface area contributed by atoms with Gasteiger partial charge in [0.2, 0.25) is 5.88 Å². The number of amides is 1. The van der Waals surface area contributed by atoms with Crippen LogP contribution in [0, 0.1) is 0 Å². The van der Waals surface area contributed by atoms with Crippen LogP contribution in [-0.2, 0) is 0 Å². The summed E-state index contributed by atoms with van der Waals surface area (Å²) in [6.45, 7) is 1.95. The highest BCUT2D eigenvalue weighted by Gasteiger charge is 2.10. The molecule has 1 aromatic carbocycles. The van der Waals surface area contributed by atoms with Gasteiger partial charge in [0, 0.05) is 18.5 Å². The summed E-state index contributed by atoms with van der Waals surface area (Å²) in [5, 5.41) is 9.11. The van der Waals surface area contributed by atoms with E-state index in [-0.39, 0.29) is 12.0 Å². The lowest BCUT2D eigenvalue weighted by Gasteiger charge is -2.14. The summed E-state index contributed by atoms with van der Waals surface area (Å²) in [7, 11) is 0. The van der Waals surface area contributed by atoms with Crippen molar-refractivity contribution in [3.05, 3.63) is 72.2 Å². The van der Waals surface area contributed by atoms with Crippen molar-refractivity contribution < 1.29 is 9.53 Å². The first kappa shape index (κ1) is 14.8. The number of pyridine rings is 1. The maximum Gasteiger partial charge on any atom is 0.257 e. The Bertz CT molecular complexity index is 755. The van der Waals surface area contributed by atoms with Gasteiger partial charge in [0.25, 0.3) is 5.91 Å². The molecule has 0 aliphatic carbocycles. The van der Waals surface area contributed by atoms with Crippen LogP contribution in [0.2, 0.25) is 0 Å². The van der Waals surface area contributed by atoms with Gasteiger partial charge in [0.15, 0.2) is 0 Å². The maximum absolute atomic E-state index is 12.0. The Morgan fingerprint density at radius 1 is 1.17 bits per heavy atom. The highest BCUT2D eigenvalue weighted by Crippen LogP contribution is 2.20. The summed E-state index contributed by atoms with van der Waals surface area (Å²) in [6.07, 6.45) is 4.51. The van der Waals surface area contributed by atoms with Crippen molar-refractivity contribution in [3.8, 4) is 5.88 Å². The summed E-state index contributed by atoms with van der Waals surface area (Å²) >= 11 is 0. The fourth-order valence-electron chi connectivity index (χ4n) is 2.08. The molecule has 1 unspecified atom stereocenters. The lowest BCUT2D eigenvalue weighted by atomic mass is 10.1. The average molecular weight is 308 g/mol. The molecule has 0 saturated heterocycles. The zero-order valence-electron chi connectivity index (χ0n) is 12.6. The van der Waals surface area contributed by atoms with Crippen molar-refractivity contribution in [3.63, 3.8) is 0 Å². The van der Waals surface area contributed by atoms with Gasteiger partial charge in [-0.1, -0.05) is 30.3 Å². The van der Waals surface area contributed by atoms with Crippen molar-refractivity contribution in [1.82, 2.24) is 15.2 Å². The van der Waals surface area contributed by atoms with Crippen LogP contribution in [0.15, 0.2) is 61.1 Å². The highest BCUT2D eigenvalue weighted by atomic mass is 16.5. The maximum atomic E-state index is 12.0. The van der Waals surface area contributed by atoms with E-state index >= 15 is 0 Å². The molecule has 0 fully saturated rings. The third kappa shape index (κ3) is 3.74. The Kier molecular flexibility index (Phi) is 4.33. The zero-order valence-corrected chi connectivity index (χ0v) is 12.6. The number of aromatic nitrogens is 3. The molecule has 1 amide bonds. The number of nitrogens with zero attached hydrogens (tertiary/aromatic N) is 2. The number of H-pyrrole nitrogens is 1. The molecule has 2 aromatic heterocycles. The molecule has 6 nitrogen and oxygen atoms in total. The van der Waals surface area contributed by atoms with Gasteiger partial charge in [-0.15, -0.1) is 0 Å². The fourth-order valence-corrected chi connectivity index (χ4v) is 2.08. The number of carbonyl (C=O) groups excluding carboxylic acids is 1. The summed E-state index contributed by atoms with van der Waals surface area (Å²) in [6, 6.07) is 13.2. The zero-order chi connectivity index (χ0) is 16.1. The first-order chi connectivity index (χ1) is 11.2. The summed E-state index contributed by atoms with van der Waals surface area (Å²) in [4.78, 5) is 16.2. The Morgan fingerprint density at radius 2 is 2.00 bits per heavy atom. The normalized spacial score (nSPS) is 11.7. The van der Waals surface area contributed by atoms with E-state index in [9.17, 15) is 4.79 Å². The molecule has 3 aromatic rings. The Hall–Kier alpha value is -3.15. The van der Waals surface area contributed by atoms with E-state index in [1.54, 1.807) is 18.3 Å². The molecule has 0 aliphatic heterocycles. The molecule has 116 valence electrons. The number of hydrogen-bond donors (Lipinski definition) is 2. The number of nitrogens with one attached hydrogen (secondary N) is 2. The summed E-state index contributed by atoms with van der Waals surface area (Å²) in [5.41, 5.74) is 2.12. The van der Waals surface area contributed by atoms with Crippen molar-refractivity contribution in [2.24, 2.45) is 0 Å². The van der Waals surface area contributed by atoms with Crippen molar-refractivity contribution in [1.29, 1.82) is 0 Å². The Labute approximate surface area is 133 Å². The third-order valence-electron chi connectivity index (χ3n) is 3.32. The van der Waals surface area contributed by atoms with Crippen LogP contribution in [0.1, 0.15) is 28.9 Å². The second-order valence-corrected chi connectivity index (χ2v) is 5.00. The second-order valence-electron chi connectivity index (χ2n) is 5.00. The second kappa shape index (κ2) is 6.74. The molecule has 6 heteroatoms. The van der Waals surface area contributed by atoms with E-state index in [0.29, 0.717) is 17.1 Å². The molecule has 23 heavy (non-hydrogen) atoms. The van der Waals surface area contributed by atoms with E-state index in [0.717, 1.165) is 5.56 Å². The Morgan fingerprint density at radius 3 is 2.65 bits per heavy atom. The molecule has 2 N–H and O–H groups in total. The van der Waals surface area contributed by atoms with Crippen LogP contribution in [0.5, 0.6) is 5.88 Å². The summed E-state index contributed by atoms with van der Waals surface area (Å²) < 4.78 is 5.78. The smallest absolute Gasteiger partial charge is 0.257 e. The van der Waals surface area contributed by atoms with Crippen molar-refractivity contribution in [2.45, 2.75) is 13.0 Å². The summed E-state index contributed by atoms with van der Waals surface area (Å²) in [5.74, 6) is 0.225. The van der Waals surface area contributed by atoms with Gasteiger partial charge in [-0.2, -0.15) is 5.10 Å². The topological polar surface area (TPSA) is 79.9 Å². The standard InChI is InChI=1S/C17H16N4O2/c1-12(13-5-3-2-4-6-13)23-16-8-7-14(9-18-16)17(22)21-15-10-19-20-11-15/h2-12H,1H3,(H,19,20)(H,21,22). The SMILES string of the molecule is CC(Oc1ccc(C(=O)Nc2cn[nH]c2)cn1)c1ccccc1. The molecule has 3 rings (SSSR count). The van der Waals surface area contributed by atoms with Gasteiger partial charge in [0.1, 0.15) is 6.10 Å². The quantitative estimate of drug-likeness (QED) is 0.758. The lowest BCUT2D eigenvalue weighted by molar-refractivity contribution is 0.102. The fraction of sp³-hybridized carbons (Fsp3) is 0.118. The first-order valence-corrected chi connectivity index (χ1v) is 7.20. The van der Waals surface area contributed by atoms with Crippen LogP contribution in [-0.4, -0.2) is 21.1 Å². The van der Waals surface area contributed by atoms with Gasteiger partial charge in [-0.05, 0) is 18.6 Å². The minimum Gasteiger partial charge on any atom is -0.470 e. The molecule has 2 heterocycles. The average Bonchev–Trinajstić information content (AvgIpc) is 3.09. The van der Waals surface area contributed by atoms with Gasteiger partial charge < -0.3 is 10.1 Å². The van der Waals surface area contributed by atoms with E-state index in [1.165, 1.54) is 12.4 Å². The number of aromatic amines is 1. The van der Waals surface area contributed by atoms with Crippen LogP contribution >= 0.6 is 0 Å². The number of carbonyl (C=O) groups is 1. The minimum absolute atomic E-state index is 0.116. The Balaban J connectivity index is 1.64. The predicted molar refractivity (Wildman–Crippen MR) is 86.3 cm³/mol. The number of rotatable bonds is 5. The monoisotopic (exact) mass is 308 g/mol. The van der Waals surface area contributed by atoms with Gasteiger partial charge in [0.05, 0.1) is 17.4 Å². The van der Waals surface area contributed by atoms with Gasteiger partial charge in [-0.25, -0.2) is 4.98 Å². The number of anilines is 1. The minimum atomic E-state index is -0.249. The lowest BCUT2D eigenvalue weighted by Crippen LogP contribution is -2.12. The molecule has 0 spiro atoms. The molecule has 0 aliphatic rings. The number of hydrogen-bond acceptors (Lipinski definition) is 4. The van der Waals surface area contributed by atoms with Crippen molar-refractivity contribution in [2.75, 3.05) is 5.32 Å². The molecule has 1 atom stereocenters. The molecule has 0 radical (unpaired) electrons. The van der Waals surface area contributed by atoms with Crippen LogP contribution in [0.25, 0.3) is 0 Å². The van der Waals surface area contributed by atoms with E-state index < -0.39 is 0 Å². The predicted octanol–water partition coefficient (Wildman–Crippen LogP) is 3.20. The molecular weight excluding hydrogens is 292 g/mol. The van der Waals surface area contributed by atoms with E-state index in [2.05, 4.69) is 20.5 Å². The molecule has 0 saturated carbocycles. The molecule has 0 bridgehead atoms. The van der Waals surface area contributed by atoms with Crippen LogP contribution in [0.4, 0.5) is 5.69 Å². The van der Waals surface area contributed by atoms with Crippen LogP contribution in [0.3, 0.4) is 0 Å². The number of benzene rings is 1. The van der Waals surface area contributed by atoms with Crippen molar-refractivity contribution >= 4 is 11.6 Å². The van der Waals surface area contributed by atoms with Crippen LogP contribution < -0.4 is 10.1 Å². The largest absolute Gasteiger partial charge is 0.470 e. The van der Waals surface area contributed by atoms with E-state index in [4.69, 9.17) is 4.74 Å². The third-order valence-corrected chi connectivity index (χ3v) is 3.32. The van der Waals surface area contributed by atoms with Gasteiger partial charge >= 0.3 is 0 Å². The first-order valence-electron chi connectivity index (χ1n) is 7.20. The van der Waals surface area contributed by atoms with E-state index in [1.807, 2.05) is 37.3 Å². The van der Waals surface area contributed by atoms with Gasteiger partial charge in [-0.3, -0.25) is 9.89 Å². The number of ether oxygens (including phenoxy) is 1. The highest BCUT2D eigenvalue weighted by molar-refractivity contribution is 6.03.